The smallest absolute Gasteiger partial charge is 0.0716 e. The van der Waals surface area contributed by atoms with Crippen LogP contribution in [0.4, 0.5) is 0 Å². The molecule has 2 heteroatoms. The van der Waals surface area contributed by atoms with Crippen LogP contribution in [0, 0.1) is 0 Å². The lowest BCUT2D eigenvalue weighted by Gasteiger charge is -2.10. The Morgan fingerprint density at radius 2 is 1.71 bits per heavy atom. The summed E-state index contributed by atoms with van der Waals surface area (Å²) < 4.78 is 5.79. The van der Waals surface area contributed by atoms with E-state index in [4.69, 9.17) is 4.74 Å². The fraction of sp³-hybridized carbons (Fsp3) is 0.684. The van der Waals surface area contributed by atoms with E-state index >= 15 is 0 Å². The molecule has 0 bridgehead atoms. The molecule has 0 saturated carbocycles. The molecule has 0 unspecified atom stereocenters. The summed E-state index contributed by atoms with van der Waals surface area (Å²) in [6, 6.07) is 9.22. The highest BCUT2D eigenvalue weighted by atomic mass is 16.5. The number of hydrogen-bond acceptors (Lipinski definition) is 2. The molecule has 21 heavy (non-hydrogen) atoms. The van der Waals surface area contributed by atoms with Crippen LogP contribution in [-0.2, 0) is 17.9 Å². The molecular weight excluding hydrogens is 258 g/mol. The first kappa shape index (κ1) is 18.2. The van der Waals surface area contributed by atoms with Gasteiger partial charge in [-0.3, -0.25) is 0 Å². The van der Waals surface area contributed by atoms with Gasteiger partial charge in [0.25, 0.3) is 0 Å². The van der Waals surface area contributed by atoms with E-state index < -0.39 is 0 Å². The second kappa shape index (κ2) is 11.8. The van der Waals surface area contributed by atoms with E-state index in [-0.39, 0.29) is 0 Å². The van der Waals surface area contributed by atoms with Gasteiger partial charge in [0.05, 0.1) is 6.61 Å². The molecule has 120 valence electrons. The second-order valence-electron chi connectivity index (χ2n) is 6.18. The highest BCUT2D eigenvalue weighted by Gasteiger charge is 1.98. The van der Waals surface area contributed by atoms with E-state index in [9.17, 15) is 0 Å². The Morgan fingerprint density at radius 1 is 1.00 bits per heavy atom. The molecule has 2 nitrogen and oxygen atoms in total. The Kier molecular flexibility index (Phi) is 10.2. The summed E-state index contributed by atoms with van der Waals surface area (Å²) in [5.74, 6) is 0. The van der Waals surface area contributed by atoms with Gasteiger partial charge in [0.2, 0.25) is 0 Å². The molecule has 1 aromatic rings. The predicted octanol–water partition coefficient (Wildman–Crippen LogP) is 5.06. The van der Waals surface area contributed by atoms with Crippen molar-refractivity contribution < 1.29 is 4.74 Å². The Labute approximate surface area is 131 Å². The van der Waals surface area contributed by atoms with Gasteiger partial charge in [-0.05, 0) is 17.5 Å². The van der Waals surface area contributed by atoms with Gasteiger partial charge in [-0.25, -0.2) is 0 Å². The first-order valence-electron chi connectivity index (χ1n) is 8.61. The highest BCUT2D eigenvalue weighted by Crippen LogP contribution is 2.09. The van der Waals surface area contributed by atoms with Crippen LogP contribution in [0.25, 0.3) is 0 Å². The van der Waals surface area contributed by atoms with E-state index in [1.165, 1.54) is 49.7 Å². The zero-order valence-electron chi connectivity index (χ0n) is 14.2. The minimum Gasteiger partial charge on any atom is -0.377 e. The van der Waals surface area contributed by atoms with Crippen LogP contribution >= 0.6 is 0 Å². The van der Waals surface area contributed by atoms with Crippen molar-refractivity contribution in [1.29, 1.82) is 0 Å². The predicted molar refractivity (Wildman–Crippen MR) is 91.4 cm³/mol. The van der Waals surface area contributed by atoms with Crippen LogP contribution in [0.2, 0.25) is 0 Å². The third-order valence-electron chi connectivity index (χ3n) is 3.62. The van der Waals surface area contributed by atoms with Gasteiger partial charge in [-0.1, -0.05) is 77.1 Å². The van der Waals surface area contributed by atoms with E-state index in [1.807, 2.05) is 0 Å². The molecule has 1 aromatic carbocycles. The van der Waals surface area contributed by atoms with Crippen molar-refractivity contribution in [2.24, 2.45) is 0 Å². The minimum absolute atomic E-state index is 0.526. The Balaban J connectivity index is 2.13. The zero-order valence-corrected chi connectivity index (χ0v) is 14.2. The Bertz CT molecular complexity index is 362. The molecule has 0 amide bonds. The summed E-state index contributed by atoms with van der Waals surface area (Å²) in [4.78, 5) is 0. The maximum Gasteiger partial charge on any atom is 0.0716 e. The lowest BCUT2D eigenvalue weighted by Crippen LogP contribution is -2.21. The van der Waals surface area contributed by atoms with E-state index in [1.54, 1.807) is 0 Å². The number of nitrogens with one attached hydrogen (secondary N) is 1. The lowest BCUT2D eigenvalue weighted by atomic mass is 10.1. The second-order valence-corrected chi connectivity index (χ2v) is 6.18. The van der Waals surface area contributed by atoms with Crippen LogP contribution < -0.4 is 5.32 Å². The van der Waals surface area contributed by atoms with Gasteiger partial charge in [0.15, 0.2) is 0 Å². The average molecular weight is 291 g/mol. The van der Waals surface area contributed by atoms with E-state index in [0.717, 1.165) is 19.8 Å². The molecule has 0 spiro atoms. The fourth-order valence-corrected chi connectivity index (χ4v) is 2.33. The SMILES string of the molecule is CCCCCCCCOCc1cccc(CNC(C)C)c1. The van der Waals surface area contributed by atoms with Crippen LogP contribution in [-0.4, -0.2) is 12.6 Å². The van der Waals surface area contributed by atoms with Gasteiger partial charge in [-0.15, -0.1) is 0 Å². The summed E-state index contributed by atoms with van der Waals surface area (Å²) in [6.07, 6.45) is 7.92. The molecule has 0 aromatic heterocycles. The van der Waals surface area contributed by atoms with Gasteiger partial charge in [0, 0.05) is 19.2 Å². The summed E-state index contributed by atoms with van der Waals surface area (Å²) in [5, 5.41) is 3.45. The molecule has 0 fully saturated rings. The molecule has 0 aliphatic rings. The number of rotatable bonds is 12. The molecular formula is C19H33NO. The van der Waals surface area contributed by atoms with Crippen LogP contribution in [0.1, 0.15) is 70.4 Å². The normalized spacial score (nSPS) is 11.2. The van der Waals surface area contributed by atoms with Crippen molar-refractivity contribution in [3.05, 3.63) is 35.4 Å². The van der Waals surface area contributed by atoms with Crippen molar-refractivity contribution in [2.75, 3.05) is 6.61 Å². The van der Waals surface area contributed by atoms with Crippen LogP contribution in [0.5, 0.6) is 0 Å². The molecule has 0 aliphatic carbocycles. The van der Waals surface area contributed by atoms with Crippen LogP contribution in [0.15, 0.2) is 24.3 Å². The van der Waals surface area contributed by atoms with Crippen molar-refractivity contribution in [1.82, 2.24) is 5.32 Å². The summed E-state index contributed by atoms with van der Waals surface area (Å²) in [6.45, 7) is 9.17. The lowest BCUT2D eigenvalue weighted by molar-refractivity contribution is 0.116. The van der Waals surface area contributed by atoms with Crippen LogP contribution in [0.3, 0.4) is 0 Å². The van der Waals surface area contributed by atoms with Crippen molar-refractivity contribution in [2.45, 2.75) is 78.5 Å². The van der Waals surface area contributed by atoms with Gasteiger partial charge >= 0.3 is 0 Å². The largest absolute Gasteiger partial charge is 0.377 e. The summed E-state index contributed by atoms with van der Waals surface area (Å²) in [5.41, 5.74) is 2.62. The quantitative estimate of drug-likeness (QED) is 0.543. The minimum atomic E-state index is 0.526. The maximum absolute atomic E-state index is 5.79. The topological polar surface area (TPSA) is 21.3 Å². The first-order valence-corrected chi connectivity index (χ1v) is 8.61. The number of ether oxygens (including phenoxy) is 1. The highest BCUT2D eigenvalue weighted by molar-refractivity contribution is 5.22. The number of benzene rings is 1. The summed E-state index contributed by atoms with van der Waals surface area (Å²) in [7, 11) is 0. The molecule has 0 atom stereocenters. The first-order chi connectivity index (χ1) is 10.2. The van der Waals surface area contributed by atoms with Gasteiger partial charge in [0.1, 0.15) is 0 Å². The third kappa shape index (κ3) is 9.65. The van der Waals surface area contributed by atoms with Crippen molar-refractivity contribution in [3.63, 3.8) is 0 Å². The molecule has 0 saturated heterocycles. The number of unbranched alkanes of at least 4 members (excludes halogenated alkanes) is 5. The summed E-state index contributed by atoms with van der Waals surface area (Å²) >= 11 is 0. The zero-order chi connectivity index (χ0) is 15.3. The Morgan fingerprint density at radius 3 is 2.48 bits per heavy atom. The molecule has 1 N–H and O–H groups in total. The molecule has 0 aliphatic heterocycles. The maximum atomic E-state index is 5.79. The van der Waals surface area contributed by atoms with E-state index in [2.05, 4.69) is 50.4 Å². The van der Waals surface area contributed by atoms with Crippen molar-refractivity contribution >= 4 is 0 Å². The van der Waals surface area contributed by atoms with Crippen molar-refractivity contribution in [3.8, 4) is 0 Å². The fourth-order valence-electron chi connectivity index (χ4n) is 2.33. The average Bonchev–Trinajstić information content (AvgIpc) is 2.48. The third-order valence-corrected chi connectivity index (χ3v) is 3.62. The standard InChI is InChI=1S/C19H33NO/c1-4-5-6-7-8-9-13-21-16-19-12-10-11-18(14-19)15-20-17(2)3/h10-12,14,17,20H,4-9,13,15-16H2,1-3H3. The Hall–Kier alpha value is -0.860. The molecule has 1 rings (SSSR count). The monoisotopic (exact) mass is 291 g/mol. The molecule has 0 heterocycles. The van der Waals surface area contributed by atoms with Gasteiger partial charge in [-0.2, -0.15) is 0 Å². The number of hydrogen-bond donors (Lipinski definition) is 1. The molecule has 0 radical (unpaired) electrons. The van der Waals surface area contributed by atoms with E-state index in [0.29, 0.717) is 6.04 Å². The van der Waals surface area contributed by atoms with Gasteiger partial charge < -0.3 is 10.1 Å².